The molecule has 3 rings (SSSR count). The van der Waals surface area contributed by atoms with Crippen molar-refractivity contribution in [1.82, 2.24) is 4.90 Å². The Balaban J connectivity index is 1.44. The summed E-state index contributed by atoms with van der Waals surface area (Å²) in [6, 6.07) is 13.3. The van der Waals surface area contributed by atoms with Crippen molar-refractivity contribution in [2.24, 2.45) is 0 Å². The van der Waals surface area contributed by atoms with Crippen molar-refractivity contribution >= 4 is 23.3 Å². The average Bonchev–Trinajstić information content (AvgIpc) is 2.64. The normalized spacial score (nSPS) is 14.6. The van der Waals surface area contributed by atoms with E-state index in [0.29, 0.717) is 19.5 Å². The van der Waals surface area contributed by atoms with Crippen LogP contribution in [0.25, 0.3) is 0 Å². The maximum Gasteiger partial charge on any atom is 0.316 e. The number of aryl methyl sites for hydroxylation is 1. The van der Waals surface area contributed by atoms with Crippen LogP contribution in [0.3, 0.4) is 0 Å². The summed E-state index contributed by atoms with van der Waals surface area (Å²) in [5.41, 5.74) is 1.21. The Hall–Kier alpha value is -2.27. The molecule has 25 heavy (non-hydrogen) atoms. The summed E-state index contributed by atoms with van der Waals surface area (Å²) < 4.78 is 1.13. The largest absolute Gasteiger partial charge is 0.350 e. The number of halogens is 1. The molecule has 2 heterocycles. The topological polar surface area (TPSA) is 47.7 Å². The van der Waals surface area contributed by atoms with Crippen molar-refractivity contribution in [3.8, 4) is 0 Å². The zero-order valence-electron chi connectivity index (χ0n) is 14.1. The predicted octanol–water partition coefficient (Wildman–Crippen LogP) is 2.54. The van der Waals surface area contributed by atoms with Gasteiger partial charge in [-0.25, -0.2) is 0 Å². The van der Waals surface area contributed by atoms with Crippen LogP contribution in [0.2, 0.25) is 5.02 Å². The van der Waals surface area contributed by atoms with Crippen LogP contribution < -0.4 is 9.63 Å². The number of nitrogens with zero attached hydrogens (tertiary/aromatic N) is 3. The molecule has 1 fully saturated rings. The standard InChI is InChI=1S/C19H23ClN3O2/c20-17-9-7-16(8-10-17)4-3-6-19(24)22-14-12-21(13-15-22)18-5-1-2-11-23(18)25/h1-2,5,7-11,25H,3-4,6,12-15H2/q+1. The lowest BCUT2D eigenvalue weighted by molar-refractivity contribution is -0.894. The molecule has 2 aromatic rings. The second-order valence-corrected chi connectivity index (χ2v) is 6.69. The smallest absolute Gasteiger partial charge is 0.316 e. The summed E-state index contributed by atoms with van der Waals surface area (Å²) >= 11 is 5.88. The van der Waals surface area contributed by atoms with Crippen LogP contribution in [-0.2, 0) is 11.2 Å². The van der Waals surface area contributed by atoms with Crippen LogP contribution in [0.15, 0.2) is 48.7 Å². The number of carbonyl (C=O) groups is 1. The molecule has 1 aromatic carbocycles. The molecule has 132 valence electrons. The van der Waals surface area contributed by atoms with Crippen molar-refractivity contribution < 1.29 is 14.7 Å². The number of hydrogen-bond donors (Lipinski definition) is 1. The van der Waals surface area contributed by atoms with Gasteiger partial charge in [0.25, 0.3) is 0 Å². The van der Waals surface area contributed by atoms with Crippen LogP contribution in [0.5, 0.6) is 0 Å². The van der Waals surface area contributed by atoms with Gasteiger partial charge in [0.05, 0.1) is 13.1 Å². The molecule has 1 amide bonds. The number of amides is 1. The molecule has 1 N–H and O–H groups in total. The van der Waals surface area contributed by atoms with Gasteiger partial charge in [0.15, 0.2) is 0 Å². The molecule has 5 nitrogen and oxygen atoms in total. The number of anilines is 1. The van der Waals surface area contributed by atoms with Gasteiger partial charge in [0.1, 0.15) is 19.3 Å². The minimum atomic E-state index is 0.207. The number of carbonyl (C=O) groups excluding carboxylic acids is 1. The molecule has 6 heteroatoms. The third kappa shape index (κ3) is 4.63. The van der Waals surface area contributed by atoms with E-state index in [-0.39, 0.29) is 5.91 Å². The van der Waals surface area contributed by atoms with Crippen LogP contribution in [0.4, 0.5) is 5.82 Å². The van der Waals surface area contributed by atoms with Gasteiger partial charge in [-0.1, -0.05) is 34.5 Å². The first-order chi connectivity index (χ1) is 12.1. The van der Waals surface area contributed by atoms with Gasteiger partial charge in [-0.15, -0.1) is 0 Å². The molecule has 0 atom stereocenters. The van der Waals surface area contributed by atoms with Crippen molar-refractivity contribution in [2.75, 3.05) is 31.1 Å². The van der Waals surface area contributed by atoms with Crippen LogP contribution in [0, 0.1) is 0 Å². The summed E-state index contributed by atoms with van der Waals surface area (Å²) in [6.07, 6.45) is 3.91. The van der Waals surface area contributed by atoms with E-state index in [1.54, 1.807) is 12.3 Å². The van der Waals surface area contributed by atoms with E-state index in [1.165, 1.54) is 5.56 Å². The van der Waals surface area contributed by atoms with Crippen LogP contribution in [-0.4, -0.2) is 42.2 Å². The first kappa shape index (κ1) is 17.5. The molecular formula is C19H23ClN3O2+. The van der Waals surface area contributed by atoms with Crippen molar-refractivity contribution in [1.29, 1.82) is 0 Å². The Morgan fingerprint density at radius 1 is 1.08 bits per heavy atom. The Morgan fingerprint density at radius 3 is 2.48 bits per heavy atom. The van der Waals surface area contributed by atoms with Crippen molar-refractivity contribution in [2.45, 2.75) is 19.3 Å². The van der Waals surface area contributed by atoms with E-state index in [4.69, 9.17) is 11.6 Å². The minimum absolute atomic E-state index is 0.207. The fraction of sp³-hybridized carbons (Fsp3) is 0.368. The summed E-state index contributed by atoms with van der Waals surface area (Å²) in [5, 5.41) is 10.6. The zero-order chi connectivity index (χ0) is 17.6. The SMILES string of the molecule is O=C(CCCc1ccc(Cl)cc1)N1CCN(c2cccc[n+]2O)CC1. The molecule has 1 aromatic heterocycles. The fourth-order valence-corrected chi connectivity index (χ4v) is 3.24. The van der Waals surface area contributed by atoms with Crippen LogP contribution in [0.1, 0.15) is 18.4 Å². The molecule has 0 radical (unpaired) electrons. The number of piperazine rings is 1. The van der Waals surface area contributed by atoms with E-state index in [0.717, 1.165) is 41.5 Å². The van der Waals surface area contributed by atoms with Gasteiger partial charge in [-0.05, 0) is 36.6 Å². The molecule has 1 saturated heterocycles. The predicted molar refractivity (Wildman–Crippen MR) is 97.0 cm³/mol. The molecular weight excluding hydrogens is 338 g/mol. The highest BCUT2D eigenvalue weighted by Crippen LogP contribution is 2.14. The summed E-state index contributed by atoms with van der Waals surface area (Å²) in [7, 11) is 0. The highest BCUT2D eigenvalue weighted by atomic mass is 35.5. The van der Waals surface area contributed by atoms with Gasteiger partial charge in [0, 0.05) is 17.5 Å². The number of benzene rings is 1. The van der Waals surface area contributed by atoms with Crippen molar-refractivity contribution in [3.63, 3.8) is 0 Å². The number of aromatic nitrogens is 1. The molecule has 0 unspecified atom stereocenters. The summed E-state index contributed by atoms with van der Waals surface area (Å²) in [6.45, 7) is 2.84. The minimum Gasteiger partial charge on any atom is -0.350 e. The average molecular weight is 361 g/mol. The molecule has 1 aliphatic rings. The third-order valence-electron chi connectivity index (χ3n) is 4.54. The van der Waals surface area contributed by atoms with Gasteiger partial charge >= 0.3 is 5.82 Å². The monoisotopic (exact) mass is 360 g/mol. The molecule has 0 bridgehead atoms. The Kier molecular flexibility index (Phi) is 5.76. The highest BCUT2D eigenvalue weighted by molar-refractivity contribution is 6.30. The van der Waals surface area contributed by atoms with Crippen LogP contribution >= 0.6 is 11.6 Å². The van der Waals surface area contributed by atoms with Gasteiger partial charge in [-0.3, -0.25) is 9.69 Å². The molecule has 0 spiro atoms. The van der Waals surface area contributed by atoms with Gasteiger partial charge in [0.2, 0.25) is 5.91 Å². The molecule has 1 aliphatic heterocycles. The first-order valence-corrected chi connectivity index (χ1v) is 8.98. The summed E-state index contributed by atoms with van der Waals surface area (Å²) in [4.78, 5) is 16.4. The van der Waals surface area contributed by atoms with Gasteiger partial charge < -0.3 is 10.1 Å². The molecule has 0 aliphatic carbocycles. The lowest BCUT2D eigenvalue weighted by atomic mass is 10.1. The maximum absolute atomic E-state index is 12.4. The Morgan fingerprint density at radius 2 is 1.80 bits per heavy atom. The fourth-order valence-electron chi connectivity index (χ4n) is 3.11. The Labute approximate surface area is 153 Å². The summed E-state index contributed by atoms with van der Waals surface area (Å²) in [5.74, 6) is 0.968. The van der Waals surface area contributed by atoms with E-state index in [9.17, 15) is 10.0 Å². The zero-order valence-corrected chi connectivity index (χ0v) is 14.9. The lowest BCUT2D eigenvalue weighted by Crippen LogP contribution is -2.52. The lowest BCUT2D eigenvalue weighted by Gasteiger charge is -2.31. The molecule has 0 saturated carbocycles. The maximum atomic E-state index is 12.4. The quantitative estimate of drug-likeness (QED) is 0.658. The van der Waals surface area contributed by atoms with E-state index < -0.39 is 0 Å². The number of hydrogen-bond acceptors (Lipinski definition) is 3. The van der Waals surface area contributed by atoms with E-state index >= 15 is 0 Å². The second kappa shape index (κ2) is 8.21. The third-order valence-corrected chi connectivity index (χ3v) is 4.80. The van der Waals surface area contributed by atoms with Crippen molar-refractivity contribution in [3.05, 3.63) is 59.2 Å². The highest BCUT2D eigenvalue weighted by Gasteiger charge is 2.27. The Bertz CT molecular complexity index is 713. The number of pyridine rings is 1. The van der Waals surface area contributed by atoms with E-state index in [2.05, 4.69) is 4.90 Å². The number of rotatable bonds is 5. The second-order valence-electron chi connectivity index (χ2n) is 6.25. The van der Waals surface area contributed by atoms with E-state index in [1.807, 2.05) is 41.3 Å². The van der Waals surface area contributed by atoms with Gasteiger partial charge in [-0.2, -0.15) is 0 Å². The first-order valence-electron chi connectivity index (χ1n) is 8.60.